The number of hydrogen-bond donors (Lipinski definition) is 3. The van der Waals surface area contributed by atoms with Crippen molar-refractivity contribution in [2.45, 2.75) is 53.0 Å². The maximum atomic E-state index is 12.9. The zero-order valence-electron chi connectivity index (χ0n) is 18.3. The number of anilines is 3. The van der Waals surface area contributed by atoms with E-state index in [0.29, 0.717) is 11.3 Å². The zero-order chi connectivity index (χ0) is 21.7. The zero-order valence-corrected chi connectivity index (χ0v) is 18.3. The van der Waals surface area contributed by atoms with Crippen molar-refractivity contribution in [1.82, 2.24) is 5.32 Å². The molecule has 2 aromatic rings. The lowest BCUT2D eigenvalue weighted by Crippen LogP contribution is -2.33. The van der Waals surface area contributed by atoms with Gasteiger partial charge in [0.25, 0.3) is 5.91 Å². The molecule has 1 atom stereocenters. The van der Waals surface area contributed by atoms with Gasteiger partial charge in [-0.2, -0.15) is 0 Å². The summed E-state index contributed by atoms with van der Waals surface area (Å²) in [5.41, 5.74) is 5.14. The van der Waals surface area contributed by atoms with Crippen LogP contribution in [-0.2, 0) is 0 Å². The molecule has 0 radical (unpaired) electrons. The van der Waals surface area contributed by atoms with Gasteiger partial charge >= 0.3 is 6.03 Å². The topological polar surface area (TPSA) is 73.5 Å². The summed E-state index contributed by atoms with van der Waals surface area (Å²) in [6.45, 7) is 9.98. The Kier molecular flexibility index (Phi) is 6.98. The molecule has 0 saturated carbocycles. The smallest absolute Gasteiger partial charge is 0.323 e. The molecule has 1 unspecified atom stereocenters. The van der Waals surface area contributed by atoms with Gasteiger partial charge in [0.1, 0.15) is 0 Å². The number of rotatable bonds is 6. The van der Waals surface area contributed by atoms with Crippen molar-refractivity contribution < 1.29 is 9.59 Å². The molecule has 1 aliphatic heterocycles. The van der Waals surface area contributed by atoms with Crippen LogP contribution in [0.5, 0.6) is 0 Å². The Hall–Kier alpha value is -3.02. The van der Waals surface area contributed by atoms with Crippen LogP contribution in [0.1, 0.15) is 54.6 Å². The van der Waals surface area contributed by atoms with Gasteiger partial charge in [-0.15, -0.1) is 0 Å². The van der Waals surface area contributed by atoms with E-state index in [-0.39, 0.29) is 18.0 Å². The largest absolute Gasteiger partial charge is 0.371 e. The molecular weight excluding hydrogens is 376 g/mol. The second-order valence-electron chi connectivity index (χ2n) is 8.09. The van der Waals surface area contributed by atoms with Gasteiger partial charge in [-0.05, 0) is 81.5 Å². The minimum absolute atomic E-state index is 0.0913. The molecule has 1 fully saturated rings. The van der Waals surface area contributed by atoms with Crippen LogP contribution in [-0.4, -0.2) is 31.1 Å². The molecule has 0 aromatic heterocycles. The molecule has 3 N–H and O–H groups in total. The summed E-state index contributed by atoms with van der Waals surface area (Å²) in [5.74, 6) is -0.107. The summed E-state index contributed by atoms with van der Waals surface area (Å²) in [5, 5.41) is 8.76. The van der Waals surface area contributed by atoms with Crippen LogP contribution in [0.25, 0.3) is 0 Å². The third-order valence-electron chi connectivity index (χ3n) is 5.70. The molecule has 0 bridgehead atoms. The predicted molar refractivity (Wildman–Crippen MR) is 124 cm³/mol. The Morgan fingerprint density at radius 2 is 1.60 bits per heavy atom. The van der Waals surface area contributed by atoms with E-state index in [9.17, 15) is 9.59 Å². The molecule has 30 heavy (non-hydrogen) atoms. The van der Waals surface area contributed by atoms with Crippen molar-refractivity contribution in [2.75, 3.05) is 28.6 Å². The summed E-state index contributed by atoms with van der Waals surface area (Å²) >= 11 is 0. The van der Waals surface area contributed by atoms with Gasteiger partial charge in [0.2, 0.25) is 0 Å². The summed E-state index contributed by atoms with van der Waals surface area (Å²) in [7, 11) is 0. The molecule has 160 valence electrons. The molecule has 2 aromatic carbocycles. The lowest BCUT2D eigenvalue weighted by molar-refractivity contribution is 0.0939. The molecule has 3 rings (SSSR count). The monoisotopic (exact) mass is 408 g/mol. The van der Waals surface area contributed by atoms with Crippen molar-refractivity contribution >= 4 is 29.0 Å². The van der Waals surface area contributed by atoms with Crippen molar-refractivity contribution in [1.29, 1.82) is 0 Å². The third kappa shape index (κ3) is 5.32. The number of amides is 3. The molecule has 0 aliphatic carbocycles. The molecule has 6 nitrogen and oxygen atoms in total. The first-order valence-corrected chi connectivity index (χ1v) is 10.7. The molecular formula is C24H32N4O2. The fourth-order valence-electron chi connectivity index (χ4n) is 3.55. The quantitative estimate of drug-likeness (QED) is 0.624. The number of benzene rings is 2. The minimum Gasteiger partial charge on any atom is -0.371 e. The van der Waals surface area contributed by atoms with Crippen LogP contribution in [0.4, 0.5) is 21.9 Å². The Balaban J connectivity index is 1.78. The van der Waals surface area contributed by atoms with Gasteiger partial charge in [0.15, 0.2) is 0 Å². The number of nitrogens with zero attached hydrogens (tertiary/aromatic N) is 1. The van der Waals surface area contributed by atoms with Gasteiger partial charge in [0, 0.05) is 36.2 Å². The third-order valence-corrected chi connectivity index (χ3v) is 5.70. The van der Waals surface area contributed by atoms with Crippen molar-refractivity contribution in [2.24, 2.45) is 0 Å². The average Bonchev–Trinajstić information content (AvgIpc) is 3.25. The van der Waals surface area contributed by atoms with Crippen LogP contribution in [0, 0.1) is 13.8 Å². The van der Waals surface area contributed by atoms with Gasteiger partial charge in [-0.3, -0.25) is 4.79 Å². The standard InChI is InChI=1S/C24H32N4O2/c1-5-18(4)25-23(29)21-15-20(10-11-22(21)28-12-6-7-13-28)27-24(30)26-19-9-8-16(2)17(3)14-19/h8-11,14-15,18H,5-7,12-13H2,1-4H3,(H,25,29)(H2,26,27,30). The maximum absolute atomic E-state index is 12.9. The van der Waals surface area contributed by atoms with E-state index in [4.69, 9.17) is 0 Å². The summed E-state index contributed by atoms with van der Waals surface area (Å²) in [6, 6.07) is 11.1. The highest BCUT2D eigenvalue weighted by atomic mass is 16.2. The highest BCUT2D eigenvalue weighted by Gasteiger charge is 2.21. The van der Waals surface area contributed by atoms with Gasteiger partial charge in [-0.1, -0.05) is 13.0 Å². The Morgan fingerprint density at radius 1 is 0.967 bits per heavy atom. The van der Waals surface area contributed by atoms with Gasteiger partial charge in [0.05, 0.1) is 5.56 Å². The first-order chi connectivity index (χ1) is 14.4. The Labute approximate surface area is 179 Å². The number of carbonyl (C=O) groups excluding carboxylic acids is 2. The van der Waals surface area contributed by atoms with E-state index < -0.39 is 0 Å². The number of nitrogens with one attached hydrogen (secondary N) is 3. The van der Waals surface area contributed by atoms with E-state index in [1.807, 2.05) is 58.0 Å². The summed E-state index contributed by atoms with van der Waals surface area (Å²) < 4.78 is 0. The SMILES string of the molecule is CCC(C)NC(=O)c1cc(NC(=O)Nc2ccc(C)c(C)c2)ccc1N1CCCC1. The number of aryl methyl sites for hydroxylation is 2. The number of hydrogen-bond acceptors (Lipinski definition) is 3. The molecule has 6 heteroatoms. The fourth-order valence-corrected chi connectivity index (χ4v) is 3.55. The molecule has 1 saturated heterocycles. The first-order valence-electron chi connectivity index (χ1n) is 10.7. The van der Waals surface area contributed by atoms with Crippen molar-refractivity contribution in [3.05, 3.63) is 53.1 Å². The highest BCUT2D eigenvalue weighted by molar-refractivity contribution is 6.04. The molecule has 0 spiro atoms. The van der Waals surface area contributed by atoms with Gasteiger partial charge < -0.3 is 20.9 Å². The lowest BCUT2D eigenvalue weighted by Gasteiger charge is -2.23. The van der Waals surface area contributed by atoms with E-state index in [2.05, 4.69) is 20.9 Å². The Bertz CT molecular complexity index is 919. The normalized spacial score (nSPS) is 14.3. The van der Waals surface area contributed by atoms with E-state index in [1.54, 1.807) is 6.07 Å². The van der Waals surface area contributed by atoms with E-state index in [1.165, 1.54) is 5.56 Å². The number of carbonyl (C=O) groups is 2. The minimum atomic E-state index is -0.333. The fraction of sp³-hybridized carbons (Fsp3) is 0.417. The van der Waals surface area contributed by atoms with Gasteiger partial charge in [-0.25, -0.2) is 4.79 Å². The first kappa shape index (κ1) is 21.7. The second-order valence-corrected chi connectivity index (χ2v) is 8.09. The predicted octanol–water partition coefficient (Wildman–Crippen LogP) is 5.08. The van der Waals surface area contributed by atoms with Crippen molar-refractivity contribution in [3.8, 4) is 0 Å². The van der Waals surface area contributed by atoms with Crippen LogP contribution in [0.2, 0.25) is 0 Å². The van der Waals surface area contributed by atoms with Crippen LogP contribution in [0.15, 0.2) is 36.4 Å². The van der Waals surface area contributed by atoms with Crippen LogP contribution < -0.4 is 20.9 Å². The van der Waals surface area contributed by atoms with E-state index >= 15 is 0 Å². The maximum Gasteiger partial charge on any atom is 0.323 e. The summed E-state index contributed by atoms with van der Waals surface area (Å²) in [6.07, 6.45) is 3.12. The van der Waals surface area contributed by atoms with Crippen LogP contribution >= 0.6 is 0 Å². The average molecular weight is 409 g/mol. The molecule has 3 amide bonds. The second kappa shape index (κ2) is 9.65. The lowest BCUT2D eigenvalue weighted by atomic mass is 10.1. The van der Waals surface area contributed by atoms with E-state index in [0.717, 1.165) is 49.3 Å². The Morgan fingerprint density at radius 3 is 2.23 bits per heavy atom. The van der Waals surface area contributed by atoms with Crippen molar-refractivity contribution in [3.63, 3.8) is 0 Å². The van der Waals surface area contributed by atoms with Crippen LogP contribution in [0.3, 0.4) is 0 Å². The molecule has 1 heterocycles. The summed E-state index contributed by atoms with van der Waals surface area (Å²) in [4.78, 5) is 27.7. The molecule has 1 aliphatic rings. The highest BCUT2D eigenvalue weighted by Crippen LogP contribution is 2.28. The number of urea groups is 1.